The monoisotopic (exact) mass is 228 g/mol. The normalized spacial score (nSPS) is 10.8. The van der Waals surface area contributed by atoms with Crippen LogP contribution in [0.4, 0.5) is 5.82 Å². The molecule has 1 rings (SSSR count). The zero-order valence-electron chi connectivity index (χ0n) is 9.34. The number of aromatic carboxylic acids is 1. The van der Waals surface area contributed by atoms with Crippen LogP contribution in [0.2, 0.25) is 0 Å². The minimum Gasteiger partial charge on any atom is -0.476 e. The molecule has 90 valence electrons. The fourth-order valence-electron chi connectivity index (χ4n) is 1.23. The molecule has 0 spiro atoms. The van der Waals surface area contributed by atoms with Crippen LogP contribution in [0.15, 0.2) is 0 Å². The van der Waals surface area contributed by atoms with Gasteiger partial charge < -0.3 is 10.0 Å². The molecule has 8 nitrogen and oxygen atoms in total. The molecule has 0 unspecified atom stereocenters. The lowest BCUT2D eigenvalue weighted by molar-refractivity contribution is 0.0691. The Bertz CT molecular complexity index is 350. The topological polar surface area (TPSA) is 111 Å². The predicted molar refractivity (Wildman–Crippen MR) is 58.0 cm³/mol. The number of nitrogens with one attached hydrogen (secondary N) is 1. The van der Waals surface area contributed by atoms with E-state index in [2.05, 4.69) is 15.4 Å². The van der Waals surface area contributed by atoms with Crippen LogP contribution in [0.3, 0.4) is 0 Å². The molecule has 0 aliphatic carbocycles. The van der Waals surface area contributed by atoms with Crippen molar-refractivity contribution in [1.29, 1.82) is 0 Å². The number of carboxylic acids is 1. The molecule has 0 aromatic carbocycles. The van der Waals surface area contributed by atoms with E-state index < -0.39 is 5.97 Å². The van der Waals surface area contributed by atoms with Gasteiger partial charge in [0.15, 0.2) is 5.82 Å². The van der Waals surface area contributed by atoms with E-state index in [1.807, 2.05) is 19.0 Å². The summed E-state index contributed by atoms with van der Waals surface area (Å²) >= 11 is 0. The molecular formula is C8H16N6O2. The third-order valence-electron chi connectivity index (χ3n) is 2.01. The summed E-state index contributed by atoms with van der Waals surface area (Å²) in [6, 6.07) is 0. The van der Waals surface area contributed by atoms with Crippen molar-refractivity contribution in [2.45, 2.75) is 6.42 Å². The number of carboxylic acid groups (broad SMARTS) is 1. The molecule has 1 heterocycles. The minimum absolute atomic E-state index is 0.159. The van der Waals surface area contributed by atoms with Crippen LogP contribution in [0.25, 0.3) is 0 Å². The molecule has 0 aliphatic heterocycles. The van der Waals surface area contributed by atoms with Crippen LogP contribution in [0.5, 0.6) is 0 Å². The van der Waals surface area contributed by atoms with E-state index >= 15 is 0 Å². The number of aromatic amines is 1. The Hall–Kier alpha value is -1.67. The van der Waals surface area contributed by atoms with E-state index in [1.165, 1.54) is 5.01 Å². The highest BCUT2D eigenvalue weighted by atomic mass is 16.4. The van der Waals surface area contributed by atoms with Gasteiger partial charge in [-0.2, -0.15) is 5.21 Å². The molecule has 8 heteroatoms. The van der Waals surface area contributed by atoms with Gasteiger partial charge in [0.05, 0.1) is 0 Å². The number of anilines is 1. The van der Waals surface area contributed by atoms with Crippen molar-refractivity contribution in [3.8, 4) is 0 Å². The first-order valence-corrected chi connectivity index (χ1v) is 4.83. The van der Waals surface area contributed by atoms with Crippen molar-refractivity contribution in [2.24, 2.45) is 5.84 Å². The van der Waals surface area contributed by atoms with Gasteiger partial charge in [0.2, 0.25) is 5.69 Å². The van der Waals surface area contributed by atoms with Crippen molar-refractivity contribution >= 4 is 11.8 Å². The first-order valence-electron chi connectivity index (χ1n) is 4.83. The number of nitrogens with two attached hydrogens (primary N) is 1. The second kappa shape index (κ2) is 5.42. The fraction of sp³-hybridized carbons (Fsp3) is 0.625. The van der Waals surface area contributed by atoms with Crippen LogP contribution in [0.1, 0.15) is 16.9 Å². The summed E-state index contributed by atoms with van der Waals surface area (Å²) in [5.41, 5.74) is -0.160. The summed E-state index contributed by atoms with van der Waals surface area (Å²) in [6.45, 7) is 1.39. The number of nitrogens with zero attached hydrogens (tertiary/aromatic N) is 4. The Kier molecular flexibility index (Phi) is 4.20. The van der Waals surface area contributed by atoms with Gasteiger partial charge >= 0.3 is 5.97 Å². The number of hydrazine groups is 1. The second-order valence-corrected chi connectivity index (χ2v) is 3.65. The quantitative estimate of drug-likeness (QED) is 0.429. The van der Waals surface area contributed by atoms with E-state index in [9.17, 15) is 4.79 Å². The van der Waals surface area contributed by atoms with Crippen LogP contribution in [-0.4, -0.2) is 58.6 Å². The van der Waals surface area contributed by atoms with Crippen LogP contribution in [0, 0.1) is 0 Å². The Morgan fingerprint density at radius 1 is 1.44 bits per heavy atom. The maximum Gasteiger partial charge on any atom is 0.360 e. The molecule has 0 radical (unpaired) electrons. The van der Waals surface area contributed by atoms with E-state index in [0.29, 0.717) is 6.54 Å². The van der Waals surface area contributed by atoms with Gasteiger partial charge in [-0.3, -0.25) is 5.01 Å². The number of hydrogen-bond acceptors (Lipinski definition) is 6. The molecule has 0 saturated heterocycles. The summed E-state index contributed by atoms with van der Waals surface area (Å²) in [7, 11) is 3.92. The molecule has 0 bridgehead atoms. The first-order chi connectivity index (χ1) is 7.52. The lowest BCUT2D eigenvalue weighted by atomic mass is 10.3. The Morgan fingerprint density at radius 3 is 2.69 bits per heavy atom. The van der Waals surface area contributed by atoms with Gasteiger partial charge in [-0.25, -0.2) is 10.6 Å². The van der Waals surface area contributed by atoms with Crippen molar-refractivity contribution in [2.75, 3.05) is 32.2 Å². The minimum atomic E-state index is -1.15. The highest BCUT2D eigenvalue weighted by Gasteiger charge is 2.18. The lowest BCUT2D eigenvalue weighted by Gasteiger charge is -2.17. The molecule has 16 heavy (non-hydrogen) atoms. The van der Waals surface area contributed by atoms with Gasteiger partial charge in [-0.15, -0.1) is 10.2 Å². The van der Waals surface area contributed by atoms with Gasteiger partial charge in [0, 0.05) is 6.54 Å². The largest absolute Gasteiger partial charge is 0.476 e. The molecule has 0 fully saturated rings. The Morgan fingerprint density at radius 2 is 2.12 bits per heavy atom. The fourth-order valence-corrected chi connectivity index (χ4v) is 1.23. The summed E-state index contributed by atoms with van der Waals surface area (Å²) in [6.07, 6.45) is 0.815. The summed E-state index contributed by atoms with van der Waals surface area (Å²) < 4.78 is 0. The smallest absolute Gasteiger partial charge is 0.360 e. The van der Waals surface area contributed by atoms with Crippen molar-refractivity contribution in [1.82, 2.24) is 20.3 Å². The van der Waals surface area contributed by atoms with Crippen LogP contribution < -0.4 is 10.9 Å². The highest BCUT2D eigenvalue weighted by Crippen LogP contribution is 2.11. The Labute approximate surface area is 93.0 Å². The SMILES string of the molecule is CN(C)CCCN(N)c1n[nH]nc1C(=O)O. The number of rotatable bonds is 6. The predicted octanol–water partition coefficient (Wildman–Crippen LogP) is -0.865. The molecule has 1 aromatic heterocycles. The maximum atomic E-state index is 10.8. The number of H-pyrrole nitrogens is 1. The molecule has 0 aliphatic rings. The van der Waals surface area contributed by atoms with Crippen molar-refractivity contribution < 1.29 is 9.90 Å². The lowest BCUT2D eigenvalue weighted by Crippen LogP contribution is -2.35. The van der Waals surface area contributed by atoms with Crippen molar-refractivity contribution in [3.63, 3.8) is 0 Å². The standard InChI is InChI=1S/C8H16N6O2/c1-13(2)4-3-5-14(9)7-6(8(15)16)10-12-11-7/h3-5,9H2,1-2H3,(H,15,16)(H,10,11,12). The molecule has 1 aromatic rings. The zero-order valence-corrected chi connectivity index (χ0v) is 9.34. The Balaban J connectivity index is 2.55. The zero-order chi connectivity index (χ0) is 12.1. The average Bonchev–Trinajstić information content (AvgIpc) is 2.65. The summed E-state index contributed by atoms with van der Waals surface area (Å²) in [5.74, 6) is 4.71. The maximum absolute atomic E-state index is 10.8. The van der Waals surface area contributed by atoms with Gasteiger partial charge in [-0.1, -0.05) is 0 Å². The van der Waals surface area contributed by atoms with Crippen LogP contribution >= 0.6 is 0 Å². The number of hydrogen-bond donors (Lipinski definition) is 3. The molecule has 4 N–H and O–H groups in total. The molecule has 0 amide bonds. The van der Waals surface area contributed by atoms with E-state index in [0.717, 1.165) is 13.0 Å². The summed E-state index contributed by atoms with van der Waals surface area (Å²) in [4.78, 5) is 12.8. The average molecular weight is 228 g/mol. The highest BCUT2D eigenvalue weighted by molar-refractivity contribution is 5.90. The van der Waals surface area contributed by atoms with Crippen LogP contribution in [-0.2, 0) is 0 Å². The number of aromatic nitrogens is 3. The van der Waals surface area contributed by atoms with E-state index in [4.69, 9.17) is 10.9 Å². The molecule has 0 atom stereocenters. The van der Waals surface area contributed by atoms with E-state index in [1.54, 1.807) is 0 Å². The van der Waals surface area contributed by atoms with E-state index in [-0.39, 0.29) is 11.5 Å². The first kappa shape index (κ1) is 12.4. The number of carbonyl (C=O) groups is 1. The summed E-state index contributed by atoms with van der Waals surface area (Å²) in [5, 5.41) is 19.6. The molecular weight excluding hydrogens is 212 g/mol. The third-order valence-corrected chi connectivity index (χ3v) is 2.01. The van der Waals surface area contributed by atoms with Gasteiger partial charge in [-0.05, 0) is 27.1 Å². The van der Waals surface area contributed by atoms with Gasteiger partial charge in [0.1, 0.15) is 0 Å². The third kappa shape index (κ3) is 3.17. The molecule has 0 saturated carbocycles. The van der Waals surface area contributed by atoms with Gasteiger partial charge in [0.25, 0.3) is 0 Å². The van der Waals surface area contributed by atoms with Crippen molar-refractivity contribution in [3.05, 3.63) is 5.69 Å². The second-order valence-electron chi connectivity index (χ2n) is 3.65.